The van der Waals surface area contributed by atoms with Crippen LogP contribution in [-0.2, 0) is 18.7 Å². The predicted octanol–water partition coefficient (Wildman–Crippen LogP) is 4.67. The minimum atomic E-state index is -1.96. The van der Waals surface area contributed by atoms with Gasteiger partial charge in [-0.25, -0.2) is 4.79 Å². The molecule has 0 saturated carbocycles. The zero-order chi connectivity index (χ0) is 21.5. The number of esters is 1. The summed E-state index contributed by atoms with van der Waals surface area (Å²) in [4.78, 5) is 25.9. The molecule has 7 heteroatoms. The predicted molar refractivity (Wildman–Crippen MR) is 114 cm³/mol. The van der Waals surface area contributed by atoms with Gasteiger partial charge in [-0.2, -0.15) is 0 Å². The number of nitrogens with zero attached hydrogens (tertiary/aromatic N) is 1. The minimum absolute atomic E-state index is 0.0480. The molecule has 0 aromatic carbocycles. The van der Waals surface area contributed by atoms with Gasteiger partial charge in [-0.1, -0.05) is 45.1 Å². The molecule has 0 radical (unpaired) electrons. The molecule has 2 atom stereocenters. The summed E-state index contributed by atoms with van der Waals surface area (Å²) in [6.07, 6.45) is 3.85. The monoisotopic (exact) mass is 411 g/mol. The molecule has 1 fully saturated rings. The zero-order valence-corrected chi connectivity index (χ0v) is 19.5. The third-order valence-electron chi connectivity index (χ3n) is 5.51. The lowest BCUT2D eigenvalue weighted by Gasteiger charge is -2.38. The van der Waals surface area contributed by atoms with Crippen molar-refractivity contribution in [2.75, 3.05) is 19.8 Å². The van der Waals surface area contributed by atoms with E-state index in [2.05, 4.69) is 40.4 Å². The number of likely N-dealkylation sites (tertiary alicyclic amines) is 1. The Hall–Kier alpha value is -1.60. The molecular weight excluding hydrogens is 374 g/mol. The summed E-state index contributed by atoms with van der Waals surface area (Å²) in [6, 6.07) is -0.151. The third-order valence-corrected chi connectivity index (χ3v) is 10.0. The van der Waals surface area contributed by atoms with Crippen LogP contribution in [0.2, 0.25) is 18.1 Å². The molecule has 1 aliphatic rings. The SMILES string of the molecule is C=CCOC(=O)N1C[C@H](O[Si](C)(C)C(C)(C)C)C[C@H]1/C(C)=C\CC(=O)OCC. The number of carbonyl (C=O) groups is 2. The minimum Gasteiger partial charge on any atom is -0.466 e. The summed E-state index contributed by atoms with van der Waals surface area (Å²) in [6.45, 7) is 19.4. The first-order chi connectivity index (χ1) is 12.9. The van der Waals surface area contributed by atoms with E-state index in [1.54, 1.807) is 17.9 Å². The first-order valence-electron chi connectivity index (χ1n) is 9.97. The molecular formula is C21H37NO5Si. The summed E-state index contributed by atoms with van der Waals surface area (Å²) in [7, 11) is -1.96. The number of rotatable bonds is 8. The Morgan fingerprint density at radius 2 is 1.89 bits per heavy atom. The Morgan fingerprint density at radius 1 is 1.25 bits per heavy atom. The fraction of sp³-hybridized carbons (Fsp3) is 0.714. The first kappa shape index (κ1) is 24.4. The number of hydrogen-bond donors (Lipinski definition) is 0. The average molecular weight is 412 g/mol. The van der Waals surface area contributed by atoms with Gasteiger partial charge in [-0.15, -0.1) is 0 Å². The highest BCUT2D eigenvalue weighted by molar-refractivity contribution is 6.74. The van der Waals surface area contributed by atoms with Crippen LogP contribution in [0.15, 0.2) is 24.3 Å². The molecule has 160 valence electrons. The highest BCUT2D eigenvalue weighted by Crippen LogP contribution is 2.39. The van der Waals surface area contributed by atoms with E-state index in [0.717, 1.165) is 5.57 Å². The van der Waals surface area contributed by atoms with Crippen LogP contribution in [0.3, 0.4) is 0 Å². The second kappa shape index (κ2) is 10.3. The number of ether oxygens (including phenoxy) is 2. The highest BCUT2D eigenvalue weighted by atomic mass is 28.4. The van der Waals surface area contributed by atoms with Crippen molar-refractivity contribution in [3.8, 4) is 0 Å². The number of hydrogen-bond acceptors (Lipinski definition) is 5. The van der Waals surface area contributed by atoms with Crippen LogP contribution in [0, 0.1) is 0 Å². The normalized spacial score (nSPS) is 20.8. The van der Waals surface area contributed by atoms with E-state index in [1.165, 1.54) is 0 Å². The van der Waals surface area contributed by atoms with Gasteiger partial charge in [0.25, 0.3) is 0 Å². The molecule has 0 spiro atoms. The van der Waals surface area contributed by atoms with Crippen LogP contribution < -0.4 is 0 Å². The van der Waals surface area contributed by atoms with Gasteiger partial charge in [-0.3, -0.25) is 9.69 Å². The molecule has 1 rings (SSSR count). The maximum Gasteiger partial charge on any atom is 0.410 e. The summed E-state index contributed by atoms with van der Waals surface area (Å²) in [5, 5.41) is 0.0913. The zero-order valence-electron chi connectivity index (χ0n) is 18.5. The van der Waals surface area contributed by atoms with Crippen LogP contribution in [-0.4, -0.2) is 57.2 Å². The van der Waals surface area contributed by atoms with Crippen molar-refractivity contribution < 1.29 is 23.5 Å². The molecule has 0 unspecified atom stereocenters. The molecule has 1 saturated heterocycles. The van der Waals surface area contributed by atoms with Gasteiger partial charge in [-0.05, 0) is 38.4 Å². The Balaban J connectivity index is 2.96. The summed E-state index contributed by atoms with van der Waals surface area (Å²) in [5.74, 6) is -0.269. The van der Waals surface area contributed by atoms with Gasteiger partial charge in [0.15, 0.2) is 8.32 Å². The van der Waals surface area contributed by atoms with Crippen molar-refractivity contribution in [3.63, 3.8) is 0 Å². The maximum atomic E-state index is 12.6. The fourth-order valence-corrected chi connectivity index (χ4v) is 4.28. The quantitative estimate of drug-likeness (QED) is 0.330. The van der Waals surface area contributed by atoms with Crippen LogP contribution in [0.4, 0.5) is 4.79 Å². The van der Waals surface area contributed by atoms with E-state index in [9.17, 15) is 9.59 Å². The standard InChI is InChI=1S/C21H37NO5Si/c1-9-13-26-20(24)22-15-17(27-28(7,8)21(4,5)6)14-18(22)16(3)11-12-19(23)25-10-2/h9,11,17-18H,1,10,12-15H2,2-8H3/b16-11-/t17-,18+/m1/s1. The van der Waals surface area contributed by atoms with E-state index in [0.29, 0.717) is 19.6 Å². The van der Waals surface area contributed by atoms with Gasteiger partial charge in [0.05, 0.1) is 25.2 Å². The van der Waals surface area contributed by atoms with E-state index in [-0.39, 0.29) is 42.3 Å². The number of amides is 1. The van der Waals surface area contributed by atoms with Crippen molar-refractivity contribution in [2.45, 2.75) is 77.7 Å². The van der Waals surface area contributed by atoms with E-state index in [1.807, 2.05) is 13.0 Å². The lowest BCUT2D eigenvalue weighted by atomic mass is 10.0. The van der Waals surface area contributed by atoms with Gasteiger partial charge in [0.2, 0.25) is 0 Å². The largest absolute Gasteiger partial charge is 0.466 e. The molecule has 0 aromatic rings. The summed E-state index contributed by atoms with van der Waals surface area (Å²) >= 11 is 0. The molecule has 1 amide bonds. The van der Waals surface area contributed by atoms with Crippen molar-refractivity contribution in [3.05, 3.63) is 24.3 Å². The third kappa shape index (κ3) is 6.78. The van der Waals surface area contributed by atoms with Crippen LogP contribution in [0.1, 0.15) is 47.5 Å². The molecule has 0 N–H and O–H groups in total. The van der Waals surface area contributed by atoms with E-state index < -0.39 is 8.32 Å². The lowest BCUT2D eigenvalue weighted by Crippen LogP contribution is -2.44. The molecule has 1 heterocycles. The van der Waals surface area contributed by atoms with E-state index in [4.69, 9.17) is 13.9 Å². The molecule has 0 bridgehead atoms. The Bertz CT molecular complexity index is 594. The molecule has 28 heavy (non-hydrogen) atoms. The van der Waals surface area contributed by atoms with Crippen LogP contribution >= 0.6 is 0 Å². The van der Waals surface area contributed by atoms with Crippen molar-refractivity contribution in [1.82, 2.24) is 4.90 Å². The molecule has 0 aromatic heterocycles. The van der Waals surface area contributed by atoms with Crippen LogP contribution in [0.25, 0.3) is 0 Å². The summed E-state index contributed by atoms with van der Waals surface area (Å²) in [5.41, 5.74) is 0.949. The van der Waals surface area contributed by atoms with Gasteiger partial charge < -0.3 is 13.9 Å². The second-order valence-electron chi connectivity index (χ2n) is 8.73. The number of carbonyl (C=O) groups excluding carboxylic acids is 2. The Kier molecular flexibility index (Phi) is 8.95. The van der Waals surface area contributed by atoms with Crippen molar-refractivity contribution in [1.29, 1.82) is 0 Å². The van der Waals surface area contributed by atoms with Crippen LogP contribution in [0.5, 0.6) is 0 Å². The van der Waals surface area contributed by atoms with Crippen molar-refractivity contribution >= 4 is 20.4 Å². The molecule has 1 aliphatic heterocycles. The average Bonchev–Trinajstić information content (AvgIpc) is 3.00. The highest BCUT2D eigenvalue weighted by Gasteiger charge is 2.44. The fourth-order valence-electron chi connectivity index (χ4n) is 2.92. The lowest BCUT2D eigenvalue weighted by molar-refractivity contribution is -0.142. The van der Waals surface area contributed by atoms with Gasteiger partial charge in [0.1, 0.15) is 6.61 Å². The molecule has 0 aliphatic carbocycles. The maximum absolute atomic E-state index is 12.6. The second-order valence-corrected chi connectivity index (χ2v) is 13.5. The topological polar surface area (TPSA) is 65.1 Å². The Labute approximate surface area is 171 Å². The van der Waals surface area contributed by atoms with Crippen molar-refractivity contribution in [2.24, 2.45) is 0 Å². The molecule has 6 nitrogen and oxygen atoms in total. The smallest absolute Gasteiger partial charge is 0.410 e. The Morgan fingerprint density at radius 3 is 2.43 bits per heavy atom. The summed E-state index contributed by atoms with van der Waals surface area (Å²) < 4.78 is 16.8. The first-order valence-corrected chi connectivity index (χ1v) is 12.9. The van der Waals surface area contributed by atoms with Gasteiger partial charge in [0, 0.05) is 6.54 Å². The van der Waals surface area contributed by atoms with Gasteiger partial charge >= 0.3 is 12.1 Å². The van der Waals surface area contributed by atoms with E-state index >= 15 is 0 Å².